The molecule has 4 aromatic rings. The van der Waals surface area contributed by atoms with Gasteiger partial charge in [0.15, 0.2) is 5.65 Å². The minimum Gasteiger partial charge on any atom is -0.366 e. The van der Waals surface area contributed by atoms with Gasteiger partial charge in [0, 0.05) is 30.6 Å². The van der Waals surface area contributed by atoms with Gasteiger partial charge in [0.1, 0.15) is 16.8 Å². The van der Waals surface area contributed by atoms with Crippen LogP contribution >= 0.6 is 0 Å². The first-order valence-corrected chi connectivity index (χ1v) is 11.1. The summed E-state index contributed by atoms with van der Waals surface area (Å²) in [6, 6.07) is 15.9. The van der Waals surface area contributed by atoms with Gasteiger partial charge in [-0.25, -0.2) is 9.19 Å². The lowest BCUT2D eigenvalue weighted by Gasteiger charge is -2.12. The number of rotatable bonds is 6. The summed E-state index contributed by atoms with van der Waals surface area (Å²) in [6.45, 7) is 6.27. The monoisotopic (exact) mass is 432 g/mol. The number of benzene rings is 1. The van der Waals surface area contributed by atoms with E-state index < -0.39 is 15.7 Å². The van der Waals surface area contributed by atoms with Crippen LogP contribution in [0.25, 0.3) is 16.9 Å². The Balaban J connectivity index is 1.76. The molecule has 1 aromatic carbocycles. The highest BCUT2D eigenvalue weighted by molar-refractivity contribution is 7.85. The van der Waals surface area contributed by atoms with E-state index in [-0.39, 0.29) is 0 Å². The first-order chi connectivity index (χ1) is 14.9. The Morgan fingerprint density at radius 2 is 1.94 bits per heavy atom. The largest absolute Gasteiger partial charge is 0.366 e. The number of pyridine rings is 1. The maximum absolute atomic E-state index is 12.4. The topological polar surface area (TPSA) is 84.5 Å². The molecule has 0 saturated heterocycles. The first-order valence-electron chi connectivity index (χ1n) is 9.95. The van der Waals surface area contributed by atoms with Gasteiger partial charge in [-0.05, 0) is 32.4 Å². The average molecular weight is 433 g/mol. The molecule has 158 valence electrons. The van der Waals surface area contributed by atoms with Crippen LogP contribution in [-0.4, -0.2) is 34.8 Å². The van der Waals surface area contributed by atoms with Gasteiger partial charge in [0.25, 0.3) is 0 Å². The minimum atomic E-state index is -1.36. The molecule has 3 heterocycles. The van der Waals surface area contributed by atoms with Gasteiger partial charge in [0.2, 0.25) is 0 Å². The number of fused-ring (bicyclic) bond motifs is 1. The highest BCUT2D eigenvalue weighted by Gasteiger charge is 2.19. The number of anilines is 1. The van der Waals surface area contributed by atoms with Crippen molar-refractivity contribution in [1.29, 1.82) is 0 Å². The van der Waals surface area contributed by atoms with E-state index in [4.69, 9.17) is 4.98 Å². The van der Waals surface area contributed by atoms with Crippen molar-refractivity contribution >= 4 is 28.7 Å². The summed E-state index contributed by atoms with van der Waals surface area (Å²) in [6.07, 6.45) is 6.86. The van der Waals surface area contributed by atoms with Gasteiger partial charge in [-0.3, -0.25) is 4.98 Å². The van der Waals surface area contributed by atoms with Crippen molar-refractivity contribution in [2.45, 2.75) is 32.1 Å². The van der Waals surface area contributed by atoms with Crippen molar-refractivity contribution in [3.05, 3.63) is 78.2 Å². The lowest BCUT2D eigenvalue weighted by atomic mass is 10.1. The Morgan fingerprint density at radius 3 is 2.65 bits per heavy atom. The lowest BCUT2D eigenvalue weighted by molar-refractivity contribution is 0.651. The molecule has 1 unspecified atom stereocenters. The maximum atomic E-state index is 12.4. The number of aromatic nitrogens is 4. The predicted molar refractivity (Wildman–Crippen MR) is 125 cm³/mol. The summed E-state index contributed by atoms with van der Waals surface area (Å²) in [5, 5.41) is 7.92. The van der Waals surface area contributed by atoms with Crippen molar-refractivity contribution < 1.29 is 4.21 Å². The molecule has 3 aromatic heterocycles. The fourth-order valence-corrected chi connectivity index (χ4v) is 3.44. The van der Waals surface area contributed by atoms with E-state index in [1.165, 1.54) is 0 Å². The number of hydrogen-bond acceptors (Lipinski definition) is 5. The van der Waals surface area contributed by atoms with Crippen LogP contribution in [0.3, 0.4) is 0 Å². The van der Waals surface area contributed by atoms with Crippen LogP contribution in [0.4, 0.5) is 5.82 Å². The van der Waals surface area contributed by atoms with Gasteiger partial charge in [-0.1, -0.05) is 36.4 Å². The molecule has 0 aliphatic carbocycles. The van der Waals surface area contributed by atoms with E-state index in [1.807, 2.05) is 75.5 Å². The molecule has 0 aliphatic heterocycles. The molecule has 8 heteroatoms. The molecule has 4 rings (SSSR count). The predicted octanol–water partition coefficient (Wildman–Crippen LogP) is 4.28. The van der Waals surface area contributed by atoms with Gasteiger partial charge in [-0.2, -0.15) is 14.0 Å². The highest BCUT2D eigenvalue weighted by atomic mass is 32.2. The summed E-state index contributed by atoms with van der Waals surface area (Å²) < 4.78 is 17.9. The quantitative estimate of drug-likeness (QED) is 0.460. The summed E-state index contributed by atoms with van der Waals surface area (Å²) in [4.78, 5) is 8.99. The van der Waals surface area contributed by atoms with Crippen LogP contribution in [0.1, 0.15) is 31.9 Å². The number of hydrogen-bond donors (Lipinski definition) is 1. The average Bonchev–Trinajstić information content (AvgIpc) is 3.19. The zero-order chi connectivity index (χ0) is 21.8. The molecular formula is C23H24N6OS. The van der Waals surface area contributed by atoms with Crippen LogP contribution in [0.5, 0.6) is 0 Å². The Morgan fingerprint density at radius 1 is 1.13 bits per heavy atom. The molecule has 0 saturated carbocycles. The summed E-state index contributed by atoms with van der Waals surface area (Å²) in [7, 11) is -1.36. The zero-order valence-corrected chi connectivity index (χ0v) is 18.5. The second kappa shape index (κ2) is 8.77. The fraction of sp³-hybridized carbons (Fsp3) is 0.217. The smallest absolute Gasteiger partial charge is 0.166 e. The van der Waals surface area contributed by atoms with E-state index in [0.717, 1.165) is 22.6 Å². The van der Waals surface area contributed by atoms with Crippen LogP contribution in [0, 0.1) is 0 Å². The molecule has 0 amide bonds. The number of nitrogens with zero attached hydrogens (tertiary/aromatic N) is 5. The van der Waals surface area contributed by atoms with Crippen LogP contribution < -0.4 is 5.32 Å². The standard InChI is InChI=1S/C23H24N6OS/c1-23(2,3)31(30)27-16-19-15-26-29-21(25-14-17-8-7-11-24-13-17)12-20(28-22(19)29)18-9-5-4-6-10-18/h4-13,15-16,25H,14H2,1-3H3. The van der Waals surface area contributed by atoms with Gasteiger partial charge in [0.05, 0.1) is 28.4 Å². The van der Waals surface area contributed by atoms with E-state index in [0.29, 0.717) is 17.8 Å². The van der Waals surface area contributed by atoms with Crippen molar-refractivity contribution in [3.8, 4) is 11.3 Å². The Bertz CT molecular complexity index is 1230. The van der Waals surface area contributed by atoms with E-state index in [2.05, 4.69) is 19.8 Å². The van der Waals surface area contributed by atoms with Gasteiger partial charge >= 0.3 is 0 Å². The zero-order valence-electron chi connectivity index (χ0n) is 17.7. The second-order valence-corrected chi connectivity index (χ2v) is 9.97. The highest BCUT2D eigenvalue weighted by Crippen LogP contribution is 2.24. The molecule has 7 nitrogen and oxygen atoms in total. The maximum Gasteiger partial charge on any atom is 0.166 e. The summed E-state index contributed by atoms with van der Waals surface area (Å²) >= 11 is 0. The van der Waals surface area contributed by atoms with Crippen LogP contribution in [0.15, 0.2) is 71.5 Å². The Kier molecular flexibility index (Phi) is 5.90. The summed E-state index contributed by atoms with van der Waals surface area (Å²) in [5.41, 5.74) is 4.22. The van der Waals surface area contributed by atoms with Gasteiger partial charge in [-0.15, -0.1) is 0 Å². The SMILES string of the molecule is CC(C)(C)S(=O)N=Cc1cnn2c(NCc3cccnc3)cc(-c3ccccc3)nc12. The van der Waals surface area contributed by atoms with Gasteiger partial charge < -0.3 is 5.32 Å². The summed E-state index contributed by atoms with van der Waals surface area (Å²) in [5.74, 6) is 0.796. The van der Waals surface area contributed by atoms with Crippen molar-refractivity contribution in [1.82, 2.24) is 19.6 Å². The van der Waals surface area contributed by atoms with Crippen LogP contribution in [-0.2, 0) is 17.5 Å². The third kappa shape index (κ3) is 4.86. The molecule has 0 spiro atoms. The third-order valence-corrected chi connectivity index (χ3v) is 5.92. The molecular weight excluding hydrogens is 408 g/mol. The second-order valence-electron chi connectivity index (χ2n) is 8.04. The first kappa shape index (κ1) is 20.9. The lowest BCUT2D eigenvalue weighted by Crippen LogP contribution is -2.19. The van der Waals surface area contributed by atoms with E-state index in [1.54, 1.807) is 23.1 Å². The van der Waals surface area contributed by atoms with E-state index >= 15 is 0 Å². The molecule has 0 fully saturated rings. The van der Waals surface area contributed by atoms with Crippen molar-refractivity contribution in [3.63, 3.8) is 0 Å². The minimum absolute atomic E-state index is 0.432. The molecule has 31 heavy (non-hydrogen) atoms. The molecule has 0 radical (unpaired) electrons. The van der Waals surface area contributed by atoms with Crippen LogP contribution in [0.2, 0.25) is 0 Å². The Hall–Kier alpha value is -3.39. The third-order valence-electron chi connectivity index (χ3n) is 4.58. The fourth-order valence-electron chi connectivity index (χ4n) is 2.91. The van der Waals surface area contributed by atoms with E-state index in [9.17, 15) is 4.21 Å². The Labute approximate surface area is 183 Å². The number of nitrogens with one attached hydrogen (secondary N) is 1. The molecule has 0 bridgehead atoms. The normalized spacial score (nSPS) is 13.0. The molecule has 1 atom stereocenters. The molecule has 0 aliphatic rings. The van der Waals surface area contributed by atoms with Crippen molar-refractivity contribution in [2.24, 2.45) is 4.40 Å². The molecule has 1 N–H and O–H groups in total. The van der Waals surface area contributed by atoms with Crippen molar-refractivity contribution in [2.75, 3.05) is 5.32 Å².